The van der Waals surface area contributed by atoms with Crippen LogP contribution in [0.5, 0.6) is 0 Å². The highest BCUT2D eigenvalue weighted by Gasteiger charge is 2.51. The van der Waals surface area contributed by atoms with Gasteiger partial charge in [-0.05, 0) is 5.57 Å². The Kier molecular flexibility index (Phi) is 3.71. The molecule has 0 spiro atoms. The summed E-state index contributed by atoms with van der Waals surface area (Å²) in [4.78, 5) is 24.5. The second-order valence-electron chi connectivity index (χ2n) is 4.19. The maximum atomic E-state index is 11.8. The molecule has 1 amide bonds. The summed E-state index contributed by atoms with van der Waals surface area (Å²) in [5.74, 6) is -0.355. The second-order valence-corrected chi connectivity index (χ2v) is 7.35. The Hall–Kier alpha value is -1.10. The van der Waals surface area contributed by atoms with Gasteiger partial charge >= 0.3 is 5.97 Å². The van der Waals surface area contributed by atoms with Gasteiger partial charge in [0.15, 0.2) is 4.34 Å². The number of nitrogens with zero attached hydrogens (tertiary/aromatic N) is 3. The smallest absolute Gasteiger partial charge is 0.352 e. The van der Waals surface area contributed by atoms with Gasteiger partial charge in [0.05, 0.1) is 0 Å². The molecule has 3 N–H and O–H groups in total. The number of thioether (sulfide) groups is 2. The zero-order valence-corrected chi connectivity index (χ0v) is 12.5. The standard InChI is InChI=1S/C10H10N4O3S3/c11-5-7(15)14-6(9(16)17)4(1-18-8(5)14)2-19-10-13-12-3-20-10/h3,5,8H,1-2,11H2,(H,16,17). The number of aliphatic carboxylic acids is 1. The van der Waals surface area contributed by atoms with E-state index in [0.29, 0.717) is 11.5 Å². The van der Waals surface area contributed by atoms with Crippen LogP contribution in [0.2, 0.25) is 0 Å². The number of fused-ring (bicyclic) bond motifs is 1. The van der Waals surface area contributed by atoms with E-state index in [1.54, 1.807) is 5.51 Å². The van der Waals surface area contributed by atoms with Gasteiger partial charge in [-0.2, -0.15) is 0 Å². The molecule has 2 atom stereocenters. The predicted molar refractivity (Wildman–Crippen MR) is 76.4 cm³/mol. The fraction of sp³-hybridized carbons (Fsp3) is 0.400. The molecule has 0 radical (unpaired) electrons. The number of amides is 1. The van der Waals surface area contributed by atoms with Gasteiger partial charge < -0.3 is 10.8 Å². The number of hydrogen-bond acceptors (Lipinski definition) is 8. The number of hydrogen-bond donors (Lipinski definition) is 2. The quantitative estimate of drug-likeness (QED) is 0.596. The van der Waals surface area contributed by atoms with Crippen LogP contribution in [0.15, 0.2) is 21.1 Å². The van der Waals surface area contributed by atoms with Crippen molar-refractivity contribution in [3.05, 3.63) is 16.8 Å². The van der Waals surface area contributed by atoms with Crippen LogP contribution in [-0.4, -0.2) is 55.0 Å². The van der Waals surface area contributed by atoms with Crippen molar-refractivity contribution < 1.29 is 14.7 Å². The van der Waals surface area contributed by atoms with E-state index < -0.39 is 12.0 Å². The fourth-order valence-electron chi connectivity index (χ4n) is 2.07. The number of nitrogens with two attached hydrogens (primary N) is 1. The molecule has 3 heterocycles. The molecule has 0 aromatic carbocycles. The molecular formula is C10H10N4O3S3. The number of β-lactam (4-membered cyclic amide) rings is 1. The predicted octanol–water partition coefficient (Wildman–Crippen LogP) is 0.211. The van der Waals surface area contributed by atoms with Crippen molar-refractivity contribution >= 4 is 46.7 Å². The van der Waals surface area contributed by atoms with Gasteiger partial charge in [0.2, 0.25) is 5.91 Å². The molecule has 2 aliphatic rings. The van der Waals surface area contributed by atoms with Crippen molar-refractivity contribution in [2.45, 2.75) is 15.8 Å². The van der Waals surface area contributed by atoms with E-state index in [1.807, 2.05) is 0 Å². The number of carboxylic acid groups (broad SMARTS) is 1. The van der Waals surface area contributed by atoms with E-state index in [4.69, 9.17) is 5.73 Å². The SMILES string of the molecule is NC1C(=O)N2C(C(=O)O)=C(CSc3nncs3)CSC12. The number of carbonyl (C=O) groups excluding carboxylic acids is 1. The van der Waals surface area contributed by atoms with E-state index in [2.05, 4.69) is 10.2 Å². The Morgan fingerprint density at radius 3 is 3.10 bits per heavy atom. The molecule has 1 aromatic rings. The summed E-state index contributed by atoms with van der Waals surface area (Å²) in [6.45, 7) is 0. The molecule has 2 unspecified atom stereocenters. The Bertz CT molecular complexity index is 589. The summed E-state index contributed by atoms with van der Waals surface area (Å²) >= 11 is 4.33. The average Bonchev–Trinajstić information content (AvgIpc) is 2.96. The van der Waals surface area contributed by atoms with Crippen molar-refractivity contribution in [2.75, 3.05) is 11.5 Å². The molecule has 106 valence electrons. The zero-order chi connectivity index (χ0) is 14.3. The van der Waals surface area contributed by atoms with Crippen LogP contribution in [0.1, 0.15) is 0 Å². The fourth-order valence-corrected chi connectivity index (χ4v) is 4.99. The van der Waals surface area contributed by atoms with E-state index >= 15 is 0 Å². The van der Waals surface area contributed by atoms with Crippen LogP contribution >= 0.6 is 34.9 Å². The third kappa shape index (κ3) is 2.22. The molecule has 1 fully saturated rings. The first-order valence-electron chi connectivity index (χ1n) is 5.64. The van der Waals surface area contributed by atoms with Gasteiger partial charge in [0.1, 0.15) is 22.6 Å². The highest BCUT2D eigenvalue weighted by Crippen LogP contribution is 2.40. The van der Waals surface area contributed by atoms with Crippen LogP contribution in [0.25, 0.3) is 0 Å². The number of aromatic nitrogens is 2. The molecule has 0 saturated carbocycles. The first-order valence-corrected chi connectivity index (χ1v) is 8.55. The van der Waals surface area contributed by atoms with Crippen LogP contribution < -0.4 is 5.73 Å². The minimum Gasteiger partial charge on any atom is -0.477 e. The van der Waals surface area contributed by atoms with Crippen molar-refractivity contribution in [2.24, 2.45) is 5.73 Å². The monoisotopic (exact) mass is 330 g/mol. The molecule has 0 aliphatic carbocycles. The summed E-state index contributed by atoms with van der Waals surface area (Å²) in [5.41, 5.74) is 8.11. The number of rotatable bonds is 4. The molecule has 0 bridgehead atoms. The van der Waals surface area contributed by atoms with Gasteiger partial charge in [0, 0.05) is 11.5 Å². The Labute approximate surface area is 126 Å². The Morgan fingerprint density at radius 2 is 2.45 bits per heavy atom. The van der Waals surface area contributed by atoms with Gasteiger partial charge in [-0.1, -0.05) is 23.1 Å². The average molecular weight is 330 g/mol. The third-order valence-electron chi connectivity index (χ3n) is 3.00. The first kappa shape index (κ1) is 13.9. The van der Waals surface area contributed by atoms with Gasteiger partial charge in [-0.15, -0.1) is 22.0 Å². The largest absolute Gasteiger partial charge is 0.477 e. The minimum atomic E-state index is -1.08. The lowest BCUT2D eigenvalue weighted by Gasteiger charge is -2.48. The lowest BCUT2D eigenvalue weighted by Crippen LogP contribution is -2.68. The van der Waals surface area contributed by atoms with Crippen LogP contribution in [-0.2, 0) is 9.59 Å². The summed E-state index contributed by atoms with van der Waals surface area (Å²) in [6.07, 6.45) is 0. The summed E-state index contributed by atoms with van der Waals surface area (Å²) < 4.78 is 0.779. The molecular weight excluding hydrogens is 320 g/mol. The molecule has 1 saturated heterocycles. The molecule has 20 heavy (non-hydrogen) atoms. The zero-order valence-electron chi connectivity index (χ0n) is 10.1. The van der Waals surface area contributed by atoms with Crippen LogP contribution in [0.4, 0.5) is 0 Å². The van der Waals surface area contributed by atoms with Gasteiger partial charge in [0.25, 0.3) is 0 Å². The molecule has 1 aromatic heterocycles. The van der Waals surface area contributed by atoms with E-state index in [-0.39, 0.29) is 17.0 Å². The maximum Gasteiger partial charge on any atom is 0.352 e. The van der Waals surface area contributed by atoms with E-state index in [9.17, 15) is 14.7 Å². The third-order valence-corrected chi connectivity index (χ3v) is 6.31. The van der Waals surface area contributed by atoms with Crippen LogP contribution in [0.3, 0.4) is 0 Å². The molecule has 10 heteroatoms. The highest BCUT2D eigenvalue weighted by molar-refractivity contribution is 8.01. The van der Waals surface area contributed by atoms with Crippen molar-refractivity contribution in [3.63, 3.8) is 0 Å². The van der Waals surface area contributed by atoms with E-state index in [0.717, 1.165) is 9.91 Å². The topological polar surface area (TPSA) is 109 Å². The first-order chi connectivity index (χ1) is 9.59. The summed E-state index contributed by atoms with van der Waals surface area (Å²) in [7, 11) is 0. The van der Waals surface area contributed by atoms with Gasteiger partial charge in [-0.3, -0.25) is 9.69 Å². The normalized spacial score (nSPS) is 25.4. The molecule has 7 nitrogen and oxygen atoms in total. The highest BCUT2D eigenvalue weighted by atomic mass is 32.2. The van der Waals surface area contributed by atoms with Gasteiger partial charge in [-0.25, -0.2) is 4.79 Å². The van der Waals surface area contributed by atoms with Crippen molar-refractivity contribution in [3.8, 4) is 0 Å². The summed E-state index contributed by atoms with van der Waals surface area (Å²) in [6, 6.07) is -0.591. The van der Waals surface area contributed by atoms with Crippen molar-refractivity contribution in [1.29, 1.82) is 0 Å². The number of carbonyl (C=O) groups is 2. The van der Waals surface area contributed by atoms with Crippen LogP contribution in [0, 0.1) is 0 Å². The lowest BCUT2D eigenvalue weighted by atomic mass is 10.0. The summed E-state index contributed by atoms with van der Waals surface area (Å²) in [5, 5.41) is 16.7. The molecule has 2 aliphatic heterocycles. The minimum absolute atomic E-state index is 0.0810. The maximum absolute atomic E-state index is 11.8. The van der Waals surface area contributed by atoms with Crippen molar-refractivity contribution in [1.82, 2.24) is 15.1 Å². The lowest BCUT2D eigenvalue weighted by molar-refractivity contribution is -0.147. The van der Waals surface area contributed by atoms with E-state index in [1.165, 1.54) is 39.8 Å². The number of carboxylic acids is 1. The Morgan fingerprint density at radius 1 is 1.65 bits per heavy atom. The molecule has 3 rings (SSSR count). The Balaban J connectivity index is 1.82. The second kappa shape index (κ2) is 5.35.